The molecule has 3 aliphatic rings. The highest BCUT2D eigenvalue weighted by Gasteiger charge is 2.54. The molecule has 1 saturated heterocycles. The van der Waals surface area contributed by atoms with Crippen molar-refractivity contribution in [3.8, 4) is 0 Å². The predicted octanol–water partition coefficient (Wildman–Crippen LogP) is 3.03. The fourth-order valence-electron chi connectivity index (χ4n) is 4.05. The first-order valence-electron chi connectivity index (χ1n) is 10.1. The SMILES string of the molecule is CN1C(=O)C2C(=NC3=[N+]2CC(c2ccc(F)cc2)=NN3Cc2ccc(Cl)c(Cl)c2)N(C)C1=O. The average Bonchev–Trinajstić information content (AvgIpc) is 3.19. The van der Waals surface area contributed by atoms with Gasteiger partial charge in [0.1, 0.15) is 24.6 Å². The monoisotopic (exact) mass is 487 g/mol. The van der Waals surface area contributed by atoms with Crippen LogP contribution in [0.2, 0.25) is 10.0 Å². The number of carbonyl (C=O) groups excluding carboxylic acids is 2. The van der Waals surface area contributed by atoms with Gasteiger partial charge in [-0.1, -0.05) is 46.4 Å². The van der Waals surface area contributed by atoms with E-state index in [9.17, 15) is 14.0 Å². The van der Waals surface area contributed by atoms with Crippen LogP contribution in [-0.2, 0) is 11.3 Å². The maximum Gasteiger partial charge on any atom is 0.417 e. The Kier molecular flexibility index (Phi) is 5.18. The first kappa shape index (κ1) is 21.5. The fourth-order valence-corrected chi connectivity index (χ4v) is 4.37. The number of imide groups is 1. The Morgan fingerprint density at radius 2 is 1.79 bits per heavy atom. The van der Waals surface area contributed by atoms with Gasteiger partial charge < -0.3 is 0 Å². The van der Waals surface area contributed by atoms with Gasteiger partial charge in [0.2, 0.25) is 11.9 Å². The lowest BCUT2D eigenvalue weighted by molar-refractivity contribution is -0.527. The van der Waals surface area contributed by atoms with E-state index in [0.29, 0.717) is 39.7 Å². The van der Waals surface area contributed by atoms with Gasteiger partial charge in [-0.15, -0.1) is 10.1 Å². The van der Waals surface area contributed by atoms with Gasteiger partial charge in [0, 0.05) is 19.7 Å². The van der Waals surface area contributed by atoms with Crippen LogP contribution in [0.3, 0.4) is 0 Å². The standard InChI is InChI=1S/C22H18Cl2FN6O2/c1-28-19-18(20(32)29(2)22(28)33)30-11-17(13-4-6-14(25)7-5-13)27-31(21(30)26-19)10-12-3-8-15(23)16(24)9-12/h3-9,18H,10-11H2,1-2H3/q+1. The number of likely N-dealkylation sites (N-methyl/N-ethyl adjacent to an activating group) is 2. The summed E-state index contributed by atoms with van der Waals surface area (Å²) in [6, 6.07) is 10.0. The topological polar surface area (TPSA) is 71.6 Å². The van der Waals surface area contributed by atoms with Crippen LogP contribution >= 0.6 is 23.2 Å². The Morgan fingerprint density at radius 1 is 1.06 bits per heavy atom. The lowest BCUT2D eigenvalue weighted by atomic mass is 10.1. The molecule has 0 spiro atoms. The molecule has 3 aliphatic heterocycles. The maximum absolute atomic E-state index is 13.5. The van der Waals surface area contributed by atoms with Crippen LogP contribution in [0, 0.1) is 5.82 Å². The lowest BCUT2D eigenvalue weighted by Gasteiger charge is -2.32. The van der Waals surface area contributed by atoms with E-state index < -0.39 is 12.1 Å². The number of halogens is 3. The van der Waals surface area contributed by atoms with Gasteiger partial charge >= 0.3 is 12.0 Å². The van der Waals surface area contributed by atoms with E-state index in [1.165, 1.54) is 24.1 Å². The van der Waals surface area contributed by atoms with Crippen molar-refractivity contribution in [3.05, 3.63) is 69.5 Å². The zero-order chi connectivity index (χ0) is 23.4. The number of amidine groups is 1. The summed E-state index contributed by atoms with van der Waals surface area (Å²) in [5.41, 5.74) is 2.17. The van der Waals surface area contributed by atoms with Crippen LogP contribution in [0.15, 0.2) is 52.6 Å². The first-order valence-corrected chi connectivity index (χ1v) is 10.8. The first-order chi connectivity index (χ1) is 15.7. The van der Waals surface area contributed by atoms with Crippen molar-refractivity contribution in [3.63, 3.8) is 0 Å². The smallest absolute Gasteiger partial charge is 0.270 e. The molecule has 3 amide bonds. The van der Waals surface area contributed by atoms with Crippen molar-refractivity contribution in [2.75, 3.05) is 20.6 Å². The van der Waals surface area contributed by atoms with Crippen LogP contribution in [0.4, 0.5) is 9.18 Å². The van der Waals surface area contributed by atoms with Crippen LogP contribution in [-0.4, -0.2) is 75.5 Å². The summed E-state index contributed by atoms with van der Waals surface area (Å²) in [6.07, 6.45) is 0. The second-order valence-corrected chi connectivity index (χ2v) is 8.71. The van der Waals surface area contributed by atoms with Gasteiger partial charge in [0.25, 0.3) is 5.91 Å². The summed E-state index contributed by atoms with van der Waals surface area (Å²) in [4.78, 5) is 32.6. The number of fused-ring (bicyclic) bond motifs is 2. The number of hydrogen-bond acceptors (Lipinski definition) is 5. The summed E-state index contributed by atoms with van der Waals surface area (Å²) < 4.78 is 15.3. The number of rotatable bonds is 3. The van der Waals surface area contributed by atoms with Crippen molar-refractivity contribution < 1.29 is 18.6 Å². The Hall–Kier alpha value is -3.30. The number of guanidine groups is 1. The maximum atomic E-state index is 13.5. The molecule has 1 unspecified atom stereocenters. The van der Waals surface area contributed by atoms with Crippen molar-refractivity contribution in [2.45, 2.75) is 12.6 Å². The Bertz CT molecular complexity index is 1290. The number of benzene rings is 2. The molecular weight excluding hydrogens is 470 g/mol. The fraction of sp³-hybridized carbons (Fsp3) is 0.227. The lowest BCUT2D eigenvalue weighted by Crippen LogP contribution is -2.62. The molecule has 1 fully saturated rings. The molecule has 11 heteroatoms. The average molecular weight is 488 g/mol. The minimum atomic E-state index is -0.769. The molecule has 1 atom stereocenters. The number of aliphatic imine (C=N–C) groups is 1. The number of hydrogen-bond donors (Lipinski definition) is 0. The van der Waals surface area contributed by atoms with Crippen molar-refractivity contribution in [2.24, 2.45) is 10.1 Å². The van der Waals surface area contributed by atoms with Gasteiger partial charge in [0.05, 0.1) is 10.0 Å². The minimum Gasteiger partial charge on any atom is -0.270 e. The van der Waals surface area contributed by atoms with Crippen molar-refractivity contribution in [1.29, 1.82) is 0 Å². The van der Waals surface area contributed by atoms with E-state index in [4.69, 9.17) is 28.3 Å². The van der Waals surface area contributed by atoms with E-state index in [1.54, 1.807) is 40.9 Å². The van der Waals surface area contributed by atoms with E-state index in [2.05, 4.69) is 4.99 Å². The summed E-state index contributed by atoms with van der Waals surface area (Å²) in [6.45, 7) is 0.552. The number of urea groups is 1. The number of nitrogens with zero attached hydrogens (tertiary/aromatic N) is 6. The molecule has 0 saturated carbocycles. The predicted molar refractivity (Wildman–Crippen MR) is 122 cm³/mol. The van der Waals surface area contributed by atoms with Gasteiger partial charge in [-0.3, -0.25) is 14.6 Å². The van der Waals surface area contributed by atoms with E-state index >= 15 is 0 Å². The third-order valence-corrected chi connectivity index (χ3v) is 6.53. The van der Waals surface area contributed by atoms with E-state index in [-0.39, 0.29) is 18.3 Å². The second-order valence-electron chi connectivity index (χ2n) is 7.90. The molecule has 0 radical (unpaired) electrons. The number of carbonyl (C=O) groups is 2. The molecule has 0 bridgehead atoms. The van der Waals surface area contributed by atoms with Crippen molar-refractivity contribution in [1.82, 2.24) is 14.8 Å². The van der Waals surface area contributed by atoms with Crippen LogP contribution in [0.1, 0.15) is 11.1 Å². The van der Waals surface area contributed by atoms with Crippen LogP contribution < -0.4 is 0 Å². The molecule has 3 heterocycles. The summed E-state index contributed by atoms with van der Waals surface area (Å²) in [5.74, 6) is 0.0517. The highest BCUT2D eigenvalue weighted by Crippen LogP contribution is 2.27. The highest BCUT2D eigenvalue weighted by atomic mass is 35.5. The molecule has 168 valence electrons. The summed E-state index contributed by atoms with van der Waals surface area (Å²) >= 11 is 12.2. The summed E-state index contributed by atoms with van der Waals surface area (Å²) in [7, 11) is 3.03. The number of amides is 3. The van der Waals surface area contributed by atoms with Gasteiger partial charge in [0.15, 0.2) is 0 Å². The van der Waals surface area contributed by atoms with Crippen LogP contribution in [0.5, 0.6) is 0 Å². The van der Waals surface area contributed by atoms with E-state index in [0.717, 1.165) is 10.5 Å². The quantitative estimate of drug-likeness (QED) is 0.624. The van der Waals surface area contributed by atoms with E-state index in [1.807, 2.05) is 6.07 Å². The molecule has 8 nitrogen and oxygen atoms in total. The number of hydrazone groups is 1. The zero-order valence-electron chi connectivity index (χ0n) is 17.7. The molecule has 33 heavy (non-hydrogen) atoms. The Morgan fingerprint density at radius 3 is 2.48 bits per heavy atom. The Balaban J connectivity index is 1.59. The zero-order valence-corrected chi connectivity index (χ0v) is 19.2. The molecule has 2 aromatic rings. The second kappa shape index (κ2) is 7.93. The van der Waals surface area contributed by atoms with Gasteiger partial charge in [-0.25, -0.2) is 13.8 Å². The molecule has 0 aromatic heterocycles. The molecule has 0 N–H and O–H groups in total. The normalized spacial score (nSPS) is 20.2. The molecule has 0 aliphatic carbocycles. The van der Waals surface area contributed by atoms with Crippen LogP contribution in [0.25, 0.3) is 0 Å². The van der Waals surface area contributed by atoms with Crippen molar-refractivity contribution >= 4 is 52.6 Å². The molecular formula is C22H18Cl2FN6O2+. The molecule has 5 rings (SSSR count). The highest BCUT2D eigenvalue weighted by molar-refractivity contribution is 6.42. The van der Waals surface area contributed by atoms with Gasteiger partial charge in [-0.05, 0) is 29.8 Å². The third-order valence-electron chi connectivity index (χ3n) is 5.80. The Labute approximate surface area is 198 Å². The van der Waals surface area contributed by atoms with Gasteiger partial charge in [-0.2, -0.15) is 0 Å². The third kappa shape index (κ3) is 3.57. The largest absolute Gasteiger partial charge is 0.417 e. The minimum absolute atomic E-state index is 0.262. The molecule has 2 aromatic carbocycles. The summed E-state index contributed by atoms with van der Waals surface area (Å²) in [5, 5.41) is 7.25.